The van der Waals surface area contributed by atoms with Crippen LogP contribution in [-0.2, 0) is 0 Å². The van der Waals surface area contributed by atoms with Crippen molar-refractivity contribution in [3.8, 4) is 0 Å². The SMILES string of the molecule is CC(CO)[C@@H](C)C=C[C@@H](C)[C@H]1CC[C@H]2[C@@H]3CCC4CCCC[C@]4(C)[C@H]3CC[C@]12C. The van der Waals surface area contributed by atoms with Crippen LogP contribution < -0.4 is 0 Å². The third-order valence-electron chi connectivity index (χ3n) is 11.2. The Morgan fingerprint density at radius 1 is 0.828 bits per heavy atom. The second kappa shape index (κ2) is 8.33. The number of fused-ring (bicyclic) bond motifs is 5. The summed E-state index contributed by atoms with van der Waals surface area (Å²) in [5.41, 5.74) is 1.23. The molecule has 0 aromatic rings. The van der Waals surface area contributed by atoms with Crippen molar-refractivity contribution in [2.75, 3.05) is 6.61 Å². The van der Waals surface area contributed by atoms with Gasteiger partial charge in [-0.05, 0) is 110 Å². The molecule has 0 aromatic heterocycles. The lowest BCUT2D eigenvalue weighted by Crippen LogP contribution is -2.53. The van der Waals surface area contributed by atoms with Crippen LogP contribution in [0.2, 0.25) is 0 Å². The van der Waals surface area contributed by atoms with Crippen molar-refractivity contribution in [1.29, 1.82) is 0 Å². The topological polar surface area (TPSA) is 20.2 Å². The number of aliphatic hydroxyl groups excluding tert-OH is 1. The largest absolute Gasteiger partial charge is 0.396 e. The first-order valence-electron chi connectivity index (χ1n) is 13.1. The molecular formula is C28H48O. The van der Waals surface area contributed by atoms with E-state index in [1.54, 1.807) is 0 Å². The van der Waals surface area contributed by atoms with Gasteiger partial charge in [0.05, 0.1) is 0 Å². The first-order valence-corrected chi connectivity index (χ1v) is 13.1. The molecule has 4 rings (SSSR count). The van der Waals surface area contributed by atoms with Gasteiger partial charge in [0.15, 0.2) is 0 Å². The van der Waals surface area contributed by atoms with Gasteiger partial charge < -0.3 is 5.11 Å². The zero-order valence-corrected chi connectivity index (χ0v) is 20.0. The van der Waals surface area contributed by atoms with Crippen LogP contribution in [0.3, 0.4) is 0 Å². The van der Waals surface area contributed by atoms with E-state index >= 15 is 0 Å². The minimum Gasteiger partial charge on any atom is -0.396 e. The minimum atomic E-state index is 0.298. The van der Waals surface area contributed by atoms with Crippen molar-refractivity contribution in [2.24, 2.45) is 58.2 Å². The third kappa shape index (κ3) is 3.66. The Morgan fingerprint density at radius 3 is 2.34 bits per heavy atom. The molecule has 1 N–H and O–H groups in total. The minimum absolute atomic E-state index is 0.298. The van der Waals surface area contributed by atoms with Crippen LogP contribution in [0, 0.1) is 58.2 Å². The lowest BCUT2D eigenvalue weighted by Gasteiger charge is -2.60. The van der Waals surface area contributed by atoms with E-state index in [1.165, 1.54) is 64.2 Å². The van der Waals surface area contributed by atoms with Crippen LogP contribution in [0.5, 0.6) is 0 Å². The average Bonchev–Trinajstić information content (AvgIpc) is 3.08. The number of allylic oxidation sites excluding steroid dienone is 2. The Morgan fingerprint density at radius 2 is 1.59 bits per heavy atom. The summed E-state index contributed by atoms with van der Waals surface area (Å²) >= 11 is 0. The summed E-state index contributed by atoms with van der Waals surface area (Å²) < 4.78 is 0. The van der Waals surface area contributed by atoms with Gasteiger partial charge in [0.25, 0.3) is 0 Å². The summed E-state index contributed by atoms with van der Waals surface area (Å²) in [6, 6.07) is 0. The van der Waals surface area contributed by atoms with E-state index in [-0.39, 0.29) is 0 Å². The van der Waals surface area contributed by atoms with Gasteiger partial charge in [-0.1, -0.05) is 59.6 Å². The summed E-state index contributed by atoms with van der Waals surface area (Å²) in [5, 5.41) is 9.46. The first-order chi connectivity index (χ1) is 13.8. The predicted octanol–water partition coefficient (Wildman–Crippen LogP) is 7.49. The Labute approximate surface area is 181 Å². The van der Waals surface area contributed by atoms with Crippen LogP contribution in [0.1, 0.15) is 98.8 Å². The highest BCUT2D eigenvalue weighted by Gasteiger charge is 2.59. The molecule has 1 nitrogen and oxygen atoms in total. The second-order valence-corrected chi connectivity index (χ2v) is 12.4. The summed E-state index contributed by atoms with van der Waals surface area (Å²) in [7, 11) is 0. The van der Waals surface area contributed by atoms with Crippen molar-refractivity contribution in [3.05, 3.63) is 12.2 Å². The van der Waals surface area contributed by atoms with Gasteiger partial charge in [-0.2, -0.15) is 0 Å². The standard InChI is InChI=1S/C28H48O/c1-19(21(3)18-29)9-10-20(2)24-13-14-25-23-12-11-22-8-6-7-16-27(22,4)26(23)15-17-28(24,25)5/h9-10,19-26,29H,6-8,11-18H2,1-5H3/t19-,20+,21?,22?,23-,24+,25-,26-,27-,28+/m0/s1. The quantitative estimate of drug-likeness (QED) is 0.474. The Bertz CT molecular complexity index is 595. The maximum Gasteiger partial charge on any atom is 0.0462 e. The molecule has 0 radical (unpaired) electrons. The molecule has 0 heterocycles. The third-order valence-corrected chi connectivity index (χ3v) is 11.2. The summed E-state index contributed by atoms with van der Waals surface area (Å²) in [4.78, 5) is 0. The van der Waals surface area contributed by atoms with E-state index in [4.69, 9.17) is 0 Å². The molecule has 4 aliphatic rings. The van der Waals surface area contributed by atoms with Crippen molar-refractivity contribution >= 4 is 0 Å². The number of aliphatic hydroxyl groups is 1. The van der Waals surface area contributed by atoms with Gasteiger partial charge in [0.1, 0.15) is 0 Å². The molecule has 0 amide bonds. The molecule has 0 aliphatic heterocycles. The van der Waals surface area contributed by atoms with Gasteiger partial charge in [0.2, 0.25) is 0 Å². The fourth-order valence-corrected chi connectivity index (χ4v) is 9.04. The molecule has 0 spiro atoms. The van der Waals surface area contributed by atoms with E-state index < -0.39 is 0 Å². The second-order valence-electron chi connectivity index (χ2n) is 12.4. The van der Waals surface area contributed by atoms with Gasteiger partial charge in [-0.15, -0.1) is 0 Å². The van der Waals surface area contributed by atoms with Gasteiger partial charge in [0, 0.05) is 6.61 Å². The molecule has 4 aliphatic carbocycles. The van der Waals surface area contributed by atoms with Crippen LogP contribution >= 0.6 is 0 Å². The smallest absolute Gasteiger partial charge is 0.0462 e. The van der Waals surface area contributed by atoms with Gasteiger partial charge in [-0.3, -0.25) is 0 Å². The monoisotopic (exact) mass is 400 g/mol. The molecule has 166 valence electrons. The van der Waals surface area contributed by atoms with Crippen LogP contribution in [0.15, 0.2) is 12.2 Å². The normalized spacial score (nSPS) is 47.9. The van der Waals surface area contributed by atoms with Crippen LogP contribution in [-0.4, -0.2) is 11.7 Å². The van der Waals surface area contributed by atoms with E-state index in [1.807, 2.05) is 0 Å². The zero-order chi connectivity index (χ0) is 20.8. The van der Waals surface area contributed by atoms with E-state index in [2.05, 4.69) is 46.8 Å². The fraction of sp³-hybridized carbons (Fsp3) is 0.929. The molecule has 1 heteroatoms. The molecule has 0 aromatic carbocycles. The average molecular weight is 401 g/mol. The van der Waals surface area contributed by atoms with Gasteiger partial charge >= 0.3 is 0 Å². The molecule has 0 saturated heterocycles. The van der Waals surface area contributed by atoms with Crippen molar-refractivity contribution in [3.63, 3.8) is 0 Å². The Kier molecular flexibility index (Phi) is 6.29. The Balaban J connectivity index is 1.48. The highest BCUT2D eigenvalue weighted by atomic mass is 16.3. The Hall–Kier alpha value is -0.300. The molecule has 29 heavy (non-hydrogen) atoms. The van der Waals surface area contributed by atoms with Crippen molar-refractivity contribution in [2.45, 2.75) is 98.8 Å². The van der Waals surface area contributed by atoms with E-state index in [0.717, 1.165) is 29.6 Å². The molecule has 2 unspecified atom stereocenters. The lowest BCUT2D eigenvalue weighted by atomic mass is 9.44. The number of rotatable bonds is 5. The maximum absolute atomic E-state index is 9.46. The molecule has 0 bridgehead atoms. The van der Waals surface area contributed by atoms with Crippen LogP contribution in [0.25, 0.3) is 0 Å². The molecule has 10 atom stereocenters. The molecule has 4 saturated carbocycles. The fourth-order valence-electron chi connectivity index (χ4n) is 9.04. The van der Waals surface area contributed by atoms with E-state index in [0.29, 0.717) is 35.2 Å². The zero-order valence-electron chi connectivity index (χ0n) is 20.0. The van der Waals surface area contributed by atoms with E-state index in [9.17, 15) is 5.11 Å². The molecular weight excluding hydrogens is 352 g/mol. The van der Waals surface area contributed by atoms with Crippen molar-refractivity contribution < 1.29 is 5.11 Å². The molecule has 4 fully saturated rings. The summed E-state index contributed by atoms with van der Waals surface area (Å²) in [6.07, 6.45) is 19.9. The highest BCUT2D eigenvalue weighted by molar-refractivity contribution is 5.11. The van der Waals surface area contributed by atoms with Gasteiger partial charge in [-0.25, -0.2) is 0 Å². The number of hydrogen-bond donors (Lipinski definition) is 1. The highest BCUT2D eigenvalue weighted by Crippen LogP contribution is 2.68. The van der Waals surface area contributed by atoms with Crippen molar-refractivity contribution in [1.82, 2.24) is 0 Å². The maximum atomic E-state index is 9.46. The van der Waals surface area contributed by atoms with Crippen LogP contribution in [0.4, 0.5) is 0 Å². The predicted molar refractivity (Wildman–Crippen MR) is 124 cm³/mol. The first kappa shape index (κ1) is 21.9. The summed E-state index contributed by atoms with van der Waals surface area (Å²) in [6.45, 7) is 12.6. The lowest BCUT2D eigenvalue weighted by molar-refractivity contribution is -0.112. The number of hydrogen-bond acceptors (Lipinski definition) is 1. The summed E-state index contributed by atoms with van der Waals surface area (Å²) in [5.74, 6) is 6.44.